The second kappa shape index (κ2) is 12.1. The molecule has 0 radical (unpaired) electrons. The van der Waals surface area contributed by atoms with Gasteiger partial charge in [0.1, 0.15) is 12.6 Å². The van der Waals surface area contributed by atoms with Gasteiger partial charge in [0.25, 0.3) is 0 Å². The Hall–Kier alpha value is -2.29. The molecule has 0 saturated carbocycles. The van der Waals surface area contributed by atoms with Crippen LogP contribution in [0.3, 0.4) is 0 Å². The van der Waals surface area contributed by atoms with Gasteiger partial charge in [-0.25, -0.2) is 8.42 Å². The first kappa shape index (κ1) is 28.9. The van der Waals surface area contributed by atoms with E-state index in [-0.39, 0.29) is 18.5 Å². The van der Waals surface area contributed by atoms with Crippen LogP contribution in [0, 0.1) is 13.8 Å². The summed E-state index contributed by atoms with van der Waals surface area (Å²) >= 11 is 12.4. The highest BCUT2D eigenvalue weighted by Gasteiger charge is 2.32. The SMILES string of the molecule is CC[C@@H](C(=O)NC(C)C)N(Cc1ccc(Cl)cc1Cl)C(=O)CN(c1cccc(C)c1C)S(C)(=O)=O. The summed E-state index contributed by atoms with van der Waals surface area (Å²) in [5, 5.41) is 3.65. The normalized spacial score (nSPS) is 12.4. The van der Waals surface area contributed by atoms with Crippen molar-refractivity contribution in [1.29, 1.82) is 0 Å². The van der Waals surface area contributed by atoms with Crippen molar-refractivity contribution < 1.29 is 18.0 Å². The third kappa shape index (κ3) is 7.59. The molecule has 0 spiro atoms. The lowest BCUT2D eigenvalue weighted by Gasteiger charge is -2.33. The topological polar surface area (TPSA) is 86.8 Å². The average Bonchev–Trinajstić information content (AvgIpc) is 2.74. The molecule has 0 heterocycles. The van der Waals surface area contributed by atoms with Crippen molar-refractivity contribution >= 4 is 50.7 Å². The zero-order valence-corrected chi connectivity index (χ0v) is 23.3. The molecule has 0 aromatic heterocycles. The van der Waals surface area contributed by atoms with Gasteiger partial charge < -0.3 is 10.2 Å². The minimum Gasteiger partial charge on any atom is -0.352 e. The van der Waals surface area contributed by atoms with Gasteiger partial charge in [-0.3, -0.25) is 13.9 Å². The summed E-state index contributed by atoms with van der Waals surface area (Å²) in [5.41, 5.74) is 2.67. The third-order valence-corrected chi connectivity index (χ3v) is 7.41. The van der Waals surface area contributed by atoms with Crippen molar-refractivity contribution in [2.75, 3.05) is 17.1 Å². The van der Waals surface area contributed by atoms with E-state index in [1.807, 2.05) is 33.8 Å². The predicted molar refractivity (Wildman–Crippen MR) is 142 cm³/mol. The number of sulfonamides is 1. The lowest BCUT2D eigenvalue weighted by molar-refractivity contribution is -0.140. The van der Waals surface area contributed by atoms with Gasteiger partial charge in [0.15, 0.2) is 0 Å². The molecule has 1 atom stereocenters. The lowest BCUT2D eigenvalue weighted by Crippen LogP contribution is -2.53. The first-order chi connectivity index (χ1) is 16.3. The number of halogens is 2. The molecule has 35 heavy (non-hydrogen) atoms. The Balaban J connectivity index is 2.52. The maximum absolute atomic E-state index is 13.7. The molecule has 192 valence electrons. The van der Waals surface area contributed by atoms with E-state index < -0.39 is 28.5 Å². The molecule has 7 nitrogen and oxygen atoms in total. The number of amides is 2. The highest BCUT2D eigenvalue weighted by molar-refractivity contribution is 7.92. The van der Waals surface area contributed by atoms with E-state index in [9.17, 15) is 18.0 Å². The van der Waals surface area contributed by atoms with E-state index in [4.69, 9.17) is 23.2 Å². The highest BCUT2D eigenvalue weighted by Crippen LogP contribution is 2.27. The molecule has 10 heteroatoms. The van der Waals surface area contributed by atoms with Crippen LogP contribution in [0.25, 0.3) is 0 Å². The molecular weight excluding hydrogens is 509 g/mol. The van der Waals surface area contributed by atoms with Crippen LogP contribution in [-0.2, 0) is 26.2 Å². The highest BCUT2D eigenvalue weighted by atomic mass is 35.5. The van der Waals surface area contributed by atoms with Crippen molar-refractivity contribution in [2.45, 2.75) is 59.7 Å². The third-order valence-electron chi connectivity index (χ3n) is 5.70. The fourth-order valence-electron chi connectivity index (χ4n) is 3.73. The number of rotatable bonds is 10. The Morgan fingerprint density at radius 3 is 2.29 bits per heavy atom. The van der Waals surface area contributed by atoms with Crippen LogP contribution in [0.5, 0.6) is 0 Å². The molecule has 0 aliphatic carbocycles. The molecule has 2 aromatic rings. The second-order valence-corrected chi connectivity index (χ2v) is 11.6. The van der Waals surface area contributed by atoms with Crippen molar-refractivity contribution in [3.8, 4) is 0 Å². The van der Waals surface area contributed by atoms with Gasteiger partial charge in [-0.1, -0.05) is 48.3 Å². The summed E-state index contributed by atoms with van der Waals surface area (Å²) in [6, 6.07) is 9.24. The Morgan fingerprint density at radius 1 is 1.09 bits per heavy atom. The quantitative estimate of drug-likeness (QED) is 0.471. The molecule has 0 bridgehead atoms. The van der Waals surface area contributed by atoms with Crippen LogP contribution < -0.4 is 9.62 Å². The molecular formula is C25H33Cl2N3O4S. The number of carbonyl (C=O) groups is 2. The Bertz CT molecular complexity index is 1190. The summed E-state index contributed by atoms with van der Waals surface area (Å²) in [6.45, 7) is 8.71. The molecule has 1 N–H and O–H groups in total. The van der Waals surface area contributed by atoms with Gasteiger partial charge in [-0.15, -0.1) is 0 Å². The minimum atomic E-state index is -3.80. The maximum atomic E-state index is 13.7. The van der Waals surface area contributed by atoms with Crippen molar-refractivity contribution in [2.24, 2.45) is 0 Å². The smallest absolute Gasteiger partial charge is 0.244 e. The number of aryl methyl sites for hydroxylation is 1. The van der Waals surface area contributed by atoms with Crippen LogP contribution >= 0.6 is 23.2 Å². The van der Waals surface area contributed by atoms with E-state index >= 15 is 0 Å². The number of hydrogen-bond donors (Lipinski definition) is 1. The number of anilines is 1. The molecule has 2 aromatic carbocycles. The number of benzene rings is 2. The zero-order chi connectivity index (χ0) is 26.5. The molecule has 2 amide bonds. The minimum absolute atomic E-state index is 0.0171. The van der Waals surface area contributed by atoms with Gasteiger partial charge in [-0.05, 0) is 69.0 Å². The fraction of sp³-hybridized carbons (Fsp3) is 0.440. The predicted octanol–water partition coefficient (Wildman–Crippen LogP) is 4.71. The van der Waals surface area contributed by atoms with Crippen molar-refractivity contribution in [1.82, 2.24) is 10.2 Å². The maximum Gasteiger partial charge on any atom is 0.244 e. The van der Waals surface area contributed by atoms with Crippen molar-refractivity contribution in [3.63, 3.8) is 0 Å². The van der Waals surface area contributed by atoms with Gasteiger partial charge in [0.05, 0.1) is 11.9 Å². The number of carbonyl (C=O) groups excluding carboxylic acids is 2. The van der Waals surface area contributed by atoms with Crippen LogP contribution in [0.2, 0.25) is 10.0 Å². The zero-order valence-electron chi connectivity index (χ0n) is 20.9. The molecule has 0 saturated heterocycles. The molecule has 0 aliphatic heterocycles. The number of hydrogen-bond acceptors (Lipinski definition) is 4. The van der Waals surface area contributed by atoms with Gasteiger partial charge >= 0.3 is 0 Å². The second-order valence-electron chi connectivity index (χ2n) is 8.83. The summed E-state index contributed by atoms with van der Waals surface area (Å²) in [7, 11) is -3.80. The van der Waals surface area contributed by atoms with Crippen LogP contribution in [0.1, 0.15) is 43.9 Å². The Morgan fingerprint density at radius 2 is 1.74 bits per heavy atom. The average molecular weight is 543 g/mol. The molecule has 0 unspecified atom stereocenters. The van der Waals surface area contributed by atoms with Gasteiger partial charge in [-0.2, -0.15) is 0 Å². The summed E-state index contributed by atoms with van der Waals surface area (Å²) in [5.74, 6) is -0.841. The van der Waals surface area contributed by atoms with E-state index in [2.05, 4.69) is 5.32 Å². The number of nitrogens with one attached hydrogen (secondary N) is 1. The first-order valence-corrected chi connectivity index (χ1v) is 13.9. The van der Waals surface area contributed by atoms with E-state index in [1.165, 1.54) is 4.90 Å². The van der Waals surface area contributed by atoms with Gasteiger partial charge in [0.2, 0.25) is 21.8 Å². The van der Waals surface area contributed by atoms with Gasteiger partial charge in [0, 0.05) is 22.6 Å². The number of nitrogens with zero attached hydrogens (tertiary/aromatic N) is 2. The van der Waals surface area contributed by atoms with Crippen LogP contribution in [0.15, 0.2) is 36.4 Å². The van der Waals surface area contributed by atoms with E-state index in [1.54, 1.807) is 37.3 Å². The van der Waals surface area contributed by atoms with Crippen LogP contribution in [0.4, 0.5) is 5.69 Å². The standard InChI is InChI=1S/C25H33Cl2N3O4S/c1-7-22(25(32)28-16(2)3)29(14-19-11-12-20(26)13-21(19)27)24(31)15-30(35(6,33)34)23-10-8-9-17(4)18(23)5/h8-13,16,22H,7,14-15H2,1-6H3,(H,28,32)/t22-/m0/s1. The largest absolute Gasteiger partial charge is 0.352 e. The fourth-order valence-corrected chi connectivity index (χ4v) is 5.10. The lowest BCUT2D eigenvalue weighted by atomic mass is 10.1. The Labute approximate surface area is 218 Å². The molecule has 2 rings (SSSR count). The summed E-state index contributed by atoms with van der Waals surface area (Å²) in [4.78, 5) is 28.1. The Kier molecular flexibility index (Phi) is 10.0. The van der Waals surface area contributed by atoms with E-state index in [0.717, 1.165) is 21.7 Å². The van der Waals surface area contributed by atoms with Crippen LogP contribution in [-0.4, -0.2) is 50.0 Å². The summed E-state index contributed by atoms with van der Waals surface area (Å²) in [6.07, 6.45) is 1.39. The van der Waals surface area contributed by atoms with Crippen molar-refractivity contribution in [3.05, 3.63) is 63.1 Å². The van der Waals surface area contributed by atoms with E-state index in [0.29, 0.717) is 27.7 Å². The monoisotopic (exact) mass is 541 g/mol. The summed E-state index contributed by atoms with van der Waals surface area (Å²) < 4.78 is 26.6. The first-order valence-electron chi connectivity index (χ1n) is 11.3. The molecule has 0 fully saturated rings. The molecule has 0 aliphatic rings.